The lowest BCUT2D eigenvalue weighted by Gasteiger charge is -2.05. The summed E-state index contributed by atoms with van der Waals surface area (Å²) in [6.07, 6.45) is -5.40. The molecule has 9 heteroatoms. The van der Waals surface area contributed by atoms with E-state index in [1.165, 1.54) is 0 Å². The molecule has 84 valence electrons. The van der Waals surface area contributed by atoms with Gasteiger partial charge in [-0.2, -0.15) is 18.2 Å². The number of aromatic carboxylic acids is 1. The summed E-state index contributed by atoms with van der Waals surface area (Å²) in [5.41, 5.74) is 0. The zero-order chi connectivity index (χ0) is 11.6. The quantitative estimate of drug-likeness (QED) is 0.919. The maximum Gasteiger partial charge on any atom is 0.390 e. The molecule has 0 bridgehead atoms. The Morgan fingerprint density at radius 3 is 2.53 bits per heavy atom. The van der Waals surface area contributed by atoms with Crippen molar-refractivity contribution in [1.29, 1.82) is 0 Å². The summed E-state index contributed by atoms with van der Waals surface area (Å²) in [4.78, 5) is 13.8. The predicted molar refractivity (Wildman–Crippen MR) is 45.4 cm³/mol. The van der Waals surface area contributed by atoms with Crippen LogP contribution in [0.3, 0.4) is 0 Å². The summed E-state index contributed by atoms with van der Waals surface area (Å²) < 4.78 is 36.3. The maximum absolute atomic E-state index is 11.8. The number of halogens is 4. The Morgan fingerprint density at radius 2 is 2.13 bits per heavy atom. The number of carbonyl (C=O) groups is 1. The molecule has 0 saturated heterocycles. The molecule has 0 amide bonds. The Hall–Kier alpha value is -1.12. The number of hydrogen-bond donors (Lipinski definition) is 1. The minimum atomic E-state index is -4.31. The van der Waals surface area contributed by atoms with E-state index in [0.717, 1.165) is 4.68 Å². The number of carboxylic acids is 1. The van der Waals surface area contributed by atoms with Gasteiger partial charge >= 0.3 is 12.1 Å². The third kappa shape index (κ3) is 3.50. The second-order valence-electron chi connectivity index (χ2n) is 2.60. The molecule has 1 heterocycles. The lowest BCUT2D eigenvalue weighted by atomic mass is 10.4. The Kier molecular flexibility index (Phi) is 3.32. The largest absolute Gasteiger partial charge is 0.475 e. The van der Waals surface area contributed by atoms with Crippen LogP contribution in [0.25, 0.3) is 0 Å². The van der Waals surface area contributed by atoms with Gasteiger partial charge in [0, 0.05) is 0 Å². The van der Waals surface area contributed by atoms with Crippen molar-refractivity contribution >= 4 is 21.9 Å². The summed E-state index contributed by atoms with van der Waals surface area (Å²) in [7, 11) is 0. The van der Waals surface area contributed by atoms with Gasteiger partial charge in [-0.05, 0) is 15.9 Å². The average molecular weight is 288 g/mol. The molecule has 0 aliphatic heterocycles. The van der Waals surface area contributed by atoms with Gasteiger partial charge in [0.05, 0.1) is 13.0 Å². The molecular weight excluding hydrogens is 283 g/mol. The van der Waals surface area contributed by atoms with Crippen molar-refractivity contribution in [3.8, 4) is 0 Å². The Balaban J connectivity index is 2.74. The number of rotatable bonds is 3. The Labute approximate surface area is 90.0 Å². The highest BCUT2D eigenvalue weighted by Gasteiger charge is 2.27. The molecule has 1 N–H and O–H groups in total. The number of nitrogens with zero attached hydrogens (tertiary/aromatic N) is 3. The fraction of sp³-hybridized carbons (Fsp3) is 0.500. The van der Waals surface area contributed by atoms with Crippen LogP contribution in [0.1, 0.15) is 17.0 Å². The van der Waals surface area contributed by atoms with E-state index >= 15 is 0 Å². The first-order chi connectivity index (χ1) is 6.79. The van der Waals surface area contributed by atoms with E-state index in [0.29, 0.717) is 0 Å². The summed E-state index contributed by atoms with van der Waals surface area (Å²) in [5.74, 6) is -1.93. The number of aromatic nitrogens is 3. The van der Waals surface area contributed by atoms with Crippen LogP contribution in [0, 0.1) is 0 Å². The van der Waals surface area contributed by atoms with Crippen molar-refractivity contribution in [2.24, 2.45) is 0 Å². The number of alkyl halides is 3. The zero-order valence-corrected chi connectivity index (χ0v) is 8.71. The average Bonchev–Trinajstić information content (AvgIpc) is 2.42. The maximum atomic E-state index is 11.8. The minimum absolute atomic E-state index is 0.0378. The SMILES string of the molecule is O=C(O)c1nc(Br)n(CCC(F)(F)F)n1. The van der Waals surface area contributed by atoms with Crippen LogP contribution < -0.4 is 0 Å². The fourth-order valence-corrected chi connectivity index (χ4v) is 1.21. The molecule has 0 radical (unpaired) electrons. The number of aryl methyl sites for hydroxylation is 1. The van der Waals surface area contributed by atoms with Crippen LogP contribution in [0.15, 0.2) is 4.73 Å². The molecule has 0 atom stereocenters. The smallest absolute Gasteiger partial charge is 0.390 e. The van der Waals surface area contributed by atoms with E-state index in [4.69, 9.17) is 5.11 Å². The molecule has 0 spiro atoms. The minimum Gasteiger partial charge on any atom is -0.475 e. The second-order valence-corrected chi connectivity index (χ2v) is 3.31. The van der Waals surface area contributed by atoms with Crippen LogP contribution >= 0.6 is 15.9 Å². The molecule has 5 nitrogen and oxygen atoms in total. The van der Waals surface area contributed by atoms with E-state index in [-0.39, 0.29) is 4.73 Å². The van der Waals surface area contributed by atoms with Crippen LogP contribution in [0.5, 0.6) is 0 Å². The fourth-order valence-electron chi connectivity index (χ4n) is 0.789. The van der Waals surface area contributed by atoms with E-state index < -0.39 is 30.9 Å². The van der Waals surface area contributed by atoms with E-state index in [1.54, 1.807) is 0 Å². The van der Waals surface area contributed by atoms with E-state index in [1.807, 2.05) is 0 Å². The van der Waals surface area contributed by atoms with Crippen molar-refractivity contribution in [3.05, 3.63) is 10.6 Å². The van der Waals surface area contributed by atoms with Crippen LogP contribution in [-0.2, 0) is 6.54 Å². The standard InChI is InChI=1S/C6H5BrF3N3O2/c7-5-11-3(4(14)15)12-13(5)2-1-6(8,9)10/h1-2H2,(H,14,15). The van der Waals surface area contributed by atoms with Gasteiger partial charge in [-0.1, -0.05) is 0 Å². The Bertz CT molecular complexity index is 376. The molecular formula is C6H5BrF3N3O2. The van der Waals surface area contributed by atoms with Gasteiger partial charge in [-0.15, -0.1) is 5.10 Å². The number of carboxylic acid groups (broad SMARTS) is 1. The molecule has 0 aliphatic carbocycles. The molecule has 0 aromatic carbocycles. The molecule has 1 rings (SSSR count). The molecule has 0 saturated carbocycles. The van der Waals surface area contributed by atoms with Gasteiger partial charge in [0.25, 0.3) is 5.82 Å². The molecule has 15 heavy (non-hydrogen) atoms. The first-order valence-electron chi connectivity index (χ1n) is 3.70. The van der Waals surface area contributed by atoms with Crippen LogP contribution in [0.4, 0.5) is 13.2 Å². The zero-order valence-electron chi connectivity index (χ0n) is 7.12. The van der Waals surface area contributed by atoms with E-state index in [2.05, 4.69) is 26.0 Å². The molecule has 0 fully saturated rings. The van der Waals surface area contributed by atoms with Gasteiger partial charge in [0.2, 0.25) is 0 Å². The van der Waals surface area contributed by atoms with Gasteiger partial charge in [0.1, 0.15) is 0 Å². The van der Waals surface area contributed by atoms with Gasteiger partial charge in [-0.25, -0.2) is 9.48 Å². The topological polar surface area (TPSA) is 68.0 Å². The molecule has 1 aromatic heterocycles. The van der Waals surface area contributed by atoms with Gasteiger partial charge in [-0.3, -0.25) is 0 Å². The lowest BCUT2D eigenvalue weighted by Crippen LogP contribution is -2.13. The number of hydrogen-bond acceptors (Lipinski definition) is 3. The van der Waals surface area contributed by atoms with Crippen LogP contribution in [-0.4, -0.2) is 32.0 Å². The second kappa shape index (κ2) is 4.17. The highest BCUT2D eigenvalue weighted by molar-refractivity contribution is 9.10. The first kappa shape index (κ1) is 12.0. The highest BCUT2D eigenvalue weighted by Crippen LogP contribution is 2.21. The molecule has 0 aliphatic rings. The highest BCUT2D eigenvalue weighted by atomic mass is 79.9. The lowest BCUT2D eigenvalue weighted by molar-refractivity contribution is -0.137. The Morgan fingerprint density at radius 1 is 1.53 bits per heavy atom. The predicted octanol–water partition coefficient (Wildman–Crippen LogP) is 1.69. The summed E-state index contributed by atoms with van der Waals surface area (Å²) in [5, 5.41) is 11.8. The van der Waals surface area contributed by atoms with Crippen molar-refractivity contribution < 1.29 is 23.1 Å². The first-order valence-corrected chi connectivity index (χ1v) is 4.49. The van der Waals surface area contributed by atoms with Crippen molar-refractivity contribution in [2.45, 2.75) is 19.1 Å². The monoisotopic (exact) mass is 287 g/mol. The normalized spacial score (nSPS) is 11.7. The molecule has 1 aromatic rings. The molecule has 0 unspecified atom stereocenters. The summed E-state index contributed by atoms with van der Waals surface area (Å²) in [6, 6.07) is 0. The van der Waals surface area contributed by atoms with Crippen molar-refractivity contribution in [2.75, 3.05) is 0 Å². The van der Waals surface area contributed by atoms with Crippen LogP contribution in [0.2, 0.25) is 0 Å². The van der Waals surface area contributed by atoms with Crippen molar-refractivity contribution in [3.63, 3.8) is 0 Å². The van der Waals surface area contributed by atoms with Crippen molar-refractivity contribution in [1.82, 2.24) is 14.8 Å². The van der Waals surface area contributed by atoms with Gasteiger partial charge in [0.15, 0.2) is 4.73 Å². The third-order valence-corrected chi connectivity index (χ3v) is 2.01. The summed E-state index contributed by atoms with van der Waals surface area (Å²) >= 11 is 2.81. The third-order valence-electron chi connectivity index (χ3n) is 1.42. The summed E-state index contributed by atoms with van der Waals surface area (Å²) in [6.45, 7) is -0.468. The van der Waals surface area contributed by atoms with Gasteiger partial charge < -0.3 is 5.11 Å². The van der Waals surface area contributed by atoms with E-state index in [9.17, 15) is 18.0 Å².